The summed E-state index contributed by atoms with van der Waals surface area (Å²) in [5, 5.41) is 2.97. The smallest absolute Gasteiger partial charge is 0.251 e. The zero-order valence-electron chi connectivity index (χ0n) is 12.5. The third-order valence-corrected chi connectivity index (χ3v) is 4.02. The van der Waals surface area contributed by atoms with Gasteiger partial charge in [0, 0.05) is 24.5 Å². The van der Waals surface area contributed by atoms with Gasteiger partial charge in [0.05, 0.1) is 23.7 Å². The number of pyridine rings is 1. The SMILES string of the molecule is O=C(NCC1COCc2nc3ccccc3n21)c1ccncc1. The maximum Gasteiger partial charge on any atom is 0.251 e. The lowest BCUT2D eigenvalue weighted by Gasteiger charge is -2.26. The van der Waals surface area contributed by atoms with Crippen molar-refractivity contribution in [2.75, 3.05) is 13.2 Å². The van der Waals surface area contributed by atoms with Crippen LogP contribution in [0.15, 0.2) is 48.8 Å². The van der Waals surface area contributed by atoms with Crippen LogP contribution in [0.25, 0.3) is 11.0 Å². The highest BCUT2D eigenvalue weighted by Crippen LogP contribution is 2.25. The summed E-state index contributed by atoms with van der Waals surface area (Å²) in [7, 11) is 0. The third-order valence-electron chi connectivity index (χ3n) is 4.02. The Morgan fingerprint density at radius 1 is 1.26 bits per heavy atom. The molecule has 0 saturated heterocycles. The number of carbonyl (C=O) groups excluding carboxylic acids is 1. The van der Waals surface area contributed by atoms with E-state index in [1.54, 1.807) is 24.5 Å². The minimum absolute atomic E-state index is 0.0388. The van der Waals surface area contributed by atoms with Crippen molar-refractivity contribution >= 4 is 16.9 Å². The third kappa shape index (κ3) is 2.57. The summed E-state index contributed by atoms with van der Waals surface area (Å²) in [4.78, 5) is 20.7. The Bertz CT molecular complexity index is 844. The Morgan fingerprint density at radius 3 is 2.96 bits per heavy atom. The molecule has 4 rings (SSSR count). The van der Waals surface area contributed by atoms with Gasteiger partial charge in [0.2, 0.25) is 0 Å². The molecule has 116 valence electrons. The second kappa shape index (κ2) is 5.81. The van der Waals surface area contributed by atoms with E-state index in [1.807, 2.05) is 18.2 Å². The van der Waals surface area contributed by atoms with Crippen molar-refractivity contribution in [2.24, 2.45) is 0 Å². The molecule has 1 N–H and O–H groups in total. The van der Waals surface area contributed by atoms with Crippen molar-refractivity contribution < 1.29 is 9.53 Å². The van der Waals surface area contributed by atoms with Crippen LogP contribution in [0.2, 0.25) is 0 Å². The van der Waals surface area contributed by atoms with Gasteiger partial charge in [-0.3, -0.25) is 9.78 Å². The number of amides is 1. The lowest BCUT2D eigenvalue weighted by atomic mass is 10.2. The van der Waals surface area contributed by atoms with Crippen LogP contribution in [-0.2, 0) is 11.3 Å². The van der Waals surface area contributed by atoms with Crippen LogP contribution in [0.1, 0.15) is 22.2 Å². The molecule has 3 heterocycles. The molecular formula is C17H16N4O2. The fraction of sp³-hybridized carbons (Fsp3) is 0.235. The second-order valence-corrected chi connectivity index (χ2v) is 5.50. The van der Waals surface area contributed by atoms with E-state index < -0.39 is 0 Å². The Balaban J connectivity index is 1.56. The number of imidazole rings is 1. The first-order valence-electron chi connectivity index (χ1n) is 7.55. The lowest BCUT2D eigenvalue weighted by molar-refractivity contribution is 0.0553. The van der Waals surface area contributed by atoms with Crippen molar-refractivity contribution in [1.29, 1.82) is 0 Å². The van der Waals surface area contributed by atoms with E-state index in [0.29, 0.717) is 25.3 Å². The van der Waals surface area contributed by atoms with E-state index in [0.717, 1.165) is 16.9 Å². The Morgan fingerprint density at radius 2 is 2.09 bits per heavy atom. The number of nitrogens with one attached hydrogen (secondary N) is 1. The van der Waals surface area contributed by atoms with E-state index in [4.69, 9.17) is 4.74 Å². The van der Waals surface area contributed by atoms with Gasteiger partial charge in [-0.25, -0.2) is 4.98 Å². The second-order valence-electron chi connectivity index (χ2n) is 5.50. The van der Waals surface area contributed by atoms with Gasteiger partial charge in [-0.1, -0.05) is 12.1 Å². The molecule has 0 radical (unpaired) electrons. The lowest BCUT2D eigenvalue weighted by Crippen LogP contribution is -2.35. The van der Waals surface area contributed by atoms with Crippen molar-refractivity contribution in [2.45, 2.75) is 12.6 Å². The van der Waals surface area contributed by atoms with Crippen LogP contribution in [0.5, 0.6) is 0 Å². The first-order valence-corrected chi connectivity index (χ1v) is 7.55. The minimum Gasteiger partial charge on any atom is -0.371 e. The number of benzene rings is 1. The van der Waals surface area contributed by atoms with Gasteiger partial charge >= 0.3 is 0 Å². The van der Waals surface area contributed by atoms with Crippen molar-refractivity contribution in [3.05, 3.63) is 60.2 Å². The van der Waals surface area contributed by atoms with E-state index in [9.17, 15) is 4.79 Å². The van der Waals surface area contributed by atoms with Crippen LogP contribution in [-0.4, -0.2) is 33.6 Å². The van der Waals surface area contributed by atoms with E-state index >= 15 is 0 Å². The maximum absolute atomic E-state index is 12.2. The molecule has 1 aliphatic heterocycles. The van der Waals surface area contributed by atoms with Crippen LogP contribution in [0.4, 0.5) is 0 Å². The first kappa shape index (κ1) is 13.9. The number of fused-ring (bicyclic) bond motifs is 3. The predicted octanol–water partition coefficient (Wildman–Crippen LogP) is 1.93. The quantitative estimate of drug-likeness (QED) is 0.803. The van der Waals surface area contributed by atoms with Gasteiger partial charge in [-0.2, -0.15) is 0 Å². The summed E-state index contributed by atoms with van der Waals surface area (Å²) < 4.78 is 7.80. The summed E-state index contributed by atoms with van der Waals surface area (Å²) in [6, 6.07) is 11.5. The van der Waals surface area contributed by atoms with Crippen LogP contribution >= 0.6 is 0 Å². The number of hydrogen-bond donors (Lipinski definition) is 1. The van der Waals surface area contributed by atoms with Gasteiger partial charge in [0.1, 0.15) is 12.4 Å². The predicted molar refractivity (Wildman–Crippen MR) is 85.0 cm³/mol. The Hall–Kier alpha value is -2.73. The van der Waals surface area contributed by atoms with E-state index in [1.165, 1.54) is 0 Å². The zero-order chi connectivity index (χ0) is 15.6. The highest BCUT2D eigenvalue weighted by molar-refractivity contribution is 5.94. The summed E-state index contributed by atoms with van der Waals surface area (Å²) in [6.07, 6.45) is 3.22. The standard InChI is InChI=1S/C17H16N4O2/c22-17(12-5-7-18-8-6-12)19-9-13-10-23-11-16-20-14-3-1-2-4-15(14)21(13)16/h1-8,13H,9-11H2,(H,19,22). The molecule has 1 amide bonds. The summed E-state index contributed by atoms with van der Waals surface area (Å²) in [5.74, 6) is 0.796. The average Bonchev–Trinajstić information content (AvgIpc) is 2.99. The number of carbonyl (C=O) groups is 1. The zero-order valence-corrected chi connectivity index (χ0v) is 12.5. The van der Waals surface area contributed by atoms with Crippen LogP contribution < -0.4 is 5.32 Å². The fourth-order valence-electron chi connectivity index (χ4n) is 2.93. The first-order chi connectivity index (χ1) is 11.3. The molecule has 0 spiro atoms. The molecule has 3 aromatic rings. The molecule has 1 aromatic carbocycles. The Kier molecular flexibility index (Phi) is 3.51. The Labute approximate surface area is 133 Å². The highest BCUT2D eigenvalue weighted by atomic mass is 16.5. The van der Waals surface area contributed by atoms with Crippen LogP contribution in [0.3, 0.4) is 0 Å². The minimum atomic E-state index is -0.107. The van der Waals surface area contributed by atoms with Gasteiger partial charge in [0.15, 0.2) is 0 Å². The van der Waals surface area contributed by atoms with E-state index in [2.05, 4.69) is 25.9 Å². The fourth-order valence-corrected chi connectivity index (χ4v) is 2.93. The summed E-state index contributed by atoms with van der Waals surface area (Å²) >= 11 is 0. The maximum atomic E-state index is 12.2. The van der Waals surface area contributed by atoms with Gasteiger partial charge in [-0.15, -0.1) is 0 Å². The van der Waals surface area contributed by atoms with Gasteiger partial charge < -0.3 is 14.6 Å². The topological polar surface area (TPSA) is 69.0 Å². The molecule has 0 saturated carbocycles. The monoisotopic (exact) mass is 308 g/mol. The van der Waals surface area contributed by atoms with Crippen molar-refractivity contribution in [3.63, 3.8) is 0 Å². The number of nitrogens with zero attached hydrogens (tertiary/aromatic N) is 3. The number of hydrogen-bond acceptors (Lipinski definition) is 4. The van der Waals surface area contributed by atoms with Crippen LogP contribution in [0, 0.1) is 0 Å². The molecule has 0 fully saturated rings. The molecule has 1 unspecified atom stereocenters. The summed E-state index contributed by atoms with van der Waals surface area (Å²) in [5.41, 5.74) is 2.64. The van der Waals surface area contributed by atoms with Gasteiger partial charge in [0.25, 0.3) is 5.91 Å². The largest absolute Gasteiger partial charge is 0.371 e. The van der Waals surface area contributed by atoms with E-state index in [-0.39, 0.29) is 11.9 Å². The molecule has 23 heavy (non-hydrogen) atoms. The molecule has 1 atom stereocenters. The highest BCUT2D eigenvalue weighted by Gasteiger charge is 2.24. The molecule has 1 aliphatic rings. The van der Waals surface area contributed by atoms with Crippen molar-refractivity contribution in [1.82, 2.24) is 19.9 Å². The van der Waals surface area contributed by atoms with Crippen molar-refractivity contribution in [3.8, 4) is 0 Å². The number of ether oxygens (including phenoxy) is 1. The normalized spacial score (nSPS) is 17.0. The molecule has 6 heteroatoms. The summed E-state index contributed by atoms with van der Waals surface area (Å²) in [6.45, 7) is 1.56. The number of rotatable bonds is 3. The number of para-hydroxylation sites is 2. The average molecular weight is 308 g/mol. The molecule has 6 nitrogen and oxygen atoms in total. The number of aromatic nitrogens is 3. The molecular weight excluding hydrogens is 292 g/mol. The molecule has 0 aliphatic carbocycles. The molecule has 0 bridgehead atoms. The molecule has 2 aromatic heterocycles. The van der Waals surface area contributed by atoms with Gasteiger partial charge in [-0.05, 0) is 24.3 Å².